The van der Waals surface area contributed by atoms with Gasteiger partial charge in [0.1, 0.15) is 5.82 Å². The molecular weight excluding hydrogens is 215 g/mol. The first-order chi connectivity index (χ1) is 7.28. The number of imidazole rings is 1. The molecule has 2 heterocycles. The third-order valence-corrected chi connectivity index (χ3v) is 3.26. The Balaban J connectivity index is 2.40. The fourth-order valence-electron chi connectivity index (χ4n) is 1.55. The Bertz CT molecular complexity index is 643. The number of rotatable bonds is 1. The van der Waals surface area contributed by atoms with Crippen LogP contribution in [-0.4, -0.2) is 16.5 Å². The zero-order valence-corrected chi connectivity index (χ0v) is 8.71. The summed E-state index contributed by atoms with van der Waals surface area (Å²) in [5.41, 5.74) is 0.951. The number of ether oxygens (including phenoxy) is 1. The number of fused-ring (bicyclic) bond motifs is 3. The van der Waals surface area contributed by atoms with E-state index < -0.39 is 0 Å². The van der Waals surface area contributed by atoms with Crippen molar-refractivity contribution in [3.63, 3.8) is 0 Å². The normalized spacial score (nSPS) is 11.3. The van der Waals surface area contributed by atoms with E-state index in [2.05, 4.69) is 4.98 Å². The second-order valence-corrected chi connectivity index (χ2v) is 4.16. The maximum Gasteiger partial charge on any atom is 0.233 e. The lowest BCUT2D eigenvalue weighted by Crippen LogP contribution is -1.80. The lowest BCUT2D eigenvalue weighted by atomic mass is 10.3. The van der Waals surface area contributed by atoms with Gasteiger partial charge in [-0.1, -0.05) is 11.3 Å². The lowest BCUT2D eigenvalue weighted by molar-refractivity contribution is 0.400. The zero-order chi connectivity index (χ0) is 10.4. The molecule has 2 aromatic heterocycles. The van der Waals surface area contributed by atoms with Crippen LogP contribution in [0, 0.1) is 5.82 Å². The molecule has 3 aromatic rings. The minimum absolute atomic E-state index is 0.223. The van der Waals surface area contributed by atoms with Crippen LogP contribution in [0.1, 0.15) is 0 Å². The average Bonchev–Trinajstić information content (AvgIpc) is 2.73. The van der Waals surface area contributed by atoms with Crippen molar-refractivity contribution in [2.45, 2.75) is 0 Å². The zero-order valence-electron chi connectivity index (χ0n) is 7.90. The minimum Gasteiger partial charge on any atom is -0.480 e. The SMILES string of the molecule is COc1cn2c(n1)sc1cc(F)ccc12. The molecule has 0 fully saturated rings. The molecule has 3 rings (SSSR count). The van der Waals surface area contributed by atoms with Crippen molar-refractivity contribution in [3.8, 4) is 5.88 Å². The van der Waals surface area contributed by atoms with Gasteiger partial charge in [0.05, 0.1) is 23.5 Å². The molecule has 0 radical (unpaired) electrons. The summed E-state index contributed by atoms with van der Waals surface area (Å²) in [5.74, 6) is 0.353. The average molecular weight is 222 g/mol. The smallest absolute Gasteiger partial charge is 0.233 e. The molecule has 15 heavy (non-hydrogen) atoms. The van der Waals surface area contributed by atoms with Gasteiger partial charge in [0.25, 0.3) is 0 Å². The predicted octanol–water partition coefficient (Wildman–Crippen LogP) is 2.70. The van der Waals surface area contributed by atoms with Crippen LogP contribution in [0.5, 0.6) is 5.88 Å². The number of hydrogen-bond donors (Lipinski definition) is 0. The summed E-state index contributed by atoms with van der Waals surface area (Å²) in [6, 6.07) is 4.71. The molecule has 0 spiro atoms. The van der Waals surface area contributed by atoms with Gasteiger partial charge >= 0.3 is 0 Å². The summed E-state index contributed by atoms with van der Waals surface area (Å²) >= 11 is 1.44. The molecule has 0 aliphatic rings. The Labute approximate surface area is 88.7 Å². The van der Waals surface area contributed by atoms with Crippen molar-refractivity contribution < 1.29 is 9.13 Å². The van der Waals surface area contributed by atoms with Crippen LogP contribution in [0.25, 0.3) is 15.2 Å². The molecule has 0 amide bonds. The quantitative estimate of drug-likeness (QED) is 0.632. The van der Waals surface area contributed by atoms with Crippen LogP contribution in [0.4, 0.5) is 4.39 Å². The van der Waals surface area contributed by atoms with E-state index in [4.69, 9.17) is 4.74 Å². The van der Waals surface area contributed by atoms with Crippen molar-refractivity contribution in [2.24, 2.45) is 0 Å². The molecule has 0 bridgehead atoms. The highest BCUT2D eigenvalue weighted by atomic mass is 32.1. The van der Waals surface area contributed by atoms with Crippen LogP contribution in [0.15, 0.2) is 24.4 Å². The molecule has 0 unspecified atom stereocenters. The molecule has 5 heteroatoms. The molecular formula is C10H7FN2OS. The fourth-order valence-corrected chi connectivity index (χ4v) is 2.58. The van der Waals surface area contributed by atoms with Gasteiger partial charge in [0.2, 0.25) is 5.88 Å². The molecule has 0 atom stereocenters. The molecule has 1 aromatic carbocycles. The van der Waals surface area contributed by atoms with Crippen molar-refractivity contribution in [1.82, 2.24) is 9.38 Å². The van der Waals surface area contributed by atoms with Gasteiger partial charge in [0.15, 0.2) is 4.96 Å². The van der Waals surface area contributed by atoms with Gasteiger partial charge in [-0.3, -0.25) is 4.40 Å². The standard InChI is InChI=1S/C10H7FN2OS/c1-14-9-5-13-7-3-2-6(11)4-8(7)15-10(13)12-9/h2-5H,1H3. The van der Waals surface area contributed by atoms with E-state index >= 15 is 0 Å². The number of methoxy groups -OCH3 is 1. The van der Waals surface area contributed by atoms with Gasteiger partial charge in [-0.05, 0) is 18.2 Å². The molecule has 3 nitrogen and oxygen atoms in total. The Morgan fingerprint density at radius 1 is 1.47 bits per heavy atom. The van der Waals surface area contributed by atoms with Crippen molar-refractivity contribution in [2.75, 3.05) is 7.11 Å². The number of aromatic nitrogens is 2. The van der Waals surface area contributed by atoms with E-state index in [1.165, 1.54) is 23.5 Å². The topological polar surface area (TPSA) is 26.5 Å². The Kier molecular flexibility index (Phi) is 1.70. The van der Waals surface area contributed by atoms with Crippen LogP contribution in [0.2, 0.25) is 0 Å². The number of hydrogen-bond acceptors (Lipinski definition) is 3. The van der Waals surface area contributed by atoms with Gasteiger partial charge in [-0.25, -0.2) is 4.39 Å². The Morgan fingerprint density at radius 2 is 2.33 bits per heavy atom. The van der Waals surface area contributed by atoms with E-state index in [1.807, 2.05) is 4.40 Å². The summed E-state index contributed by atoms with van der Waals surface area (Å²) in [6.45, 7) is 0. The summed E-state index contributed by atoms with van der Waals surface area (Å²) in [4.78, 5) is 5.05. The Morgan fingerprint density at radius 3 is 3.13 bits per heavy atom. The Hall–Kier alpha value is -1.62. The summed E-state index contributed by atoms with van der Waals surface area (Å²) in [5, 5.41) is 0. The monoisotopic (exact) mass is 222 g/mol. The third kappa shape index (κ3) is 1.20. The molecule has 0 aliphatic heterocycles. The number of thiazole rings is 1. The third-order valence-electron chi connectivity index (χ3n) is 2.24. The first kappa shape index (κ1) is 8.67. The number of benzene rings is 1. The molecule has 76 valence electrons. The lowest BCUT2D eigenvalue weighted by Gasteiger charge is -1.91. The second kappa shape index (κ2) is 2.93. The first-order valence-electron chi connectivity index (χ1n) is 4.39. The van der Waals surface area contributed by atoms with E-state index in [-0.39, 0.29) is 5.82 Å². The highest BCUT2D eigenvalue weighted by Gasteiger charge is 2.08. The van der Waals surface area contributed by atoms with Crippen LogP contribution >= 0.6 is 11.3 Å². The predicted molar refractivity (Wildman–Crippen MR) is 57.1 cm³/mol. The number of nitrogens with zero attached hydrogens (tertiary/aromatic N) is 2. The summed E-state index contributed by atoms with van der Waals surface area (Å²) in [6.07, 6.45) is 1.80. The van der Waals surface area contributed by atoms with E-state index in [0.717, 1.165) is 15.2 Å². The van der Waals surface area contributed by atoms with Gasteiger partial charge in [-0.15, -0.1) is 0 Å². The second-order valence-electron chi connectivity index (χ2n) is 3.15. The van der Waals surface area contributed by atoms with Gasteiger partial charge in [-0.2, -0.15) is 4.98 Å². The van der Waals surface area contributed by atoms with E-state index in [9.17, 15) is 4.39 Å². The van der Waals surface area contributed by atoms with Crippen LogP contribution in [-0.2, 0) is 0 Å². The summed E-state index contributed by atoms with van der Waals surface area (Å²) in [7, 11) is 1.58. The van der Waals surface area contributed by atoms with Gasteiger partial charge < -0.3 is 4.74 Å². The van der Waals surface area contributed by atoms with Crippen molar-refractivity contribution >= 4 is 26.5 Å². The molecule has 0 N–H and O–H groups in total. The van der Waals surface area contributed by atoms with Crippen molar-refractivity contribution in [3.05, 3.63) is 30.2 Å². The minimum atomic E-state index is -0.223. The van der Waals surface area contributed by atoms with E-state index in [1.54, 1.807) is 19.4 Å². The first-order valence-corrected chi connectivity index (χ1v) is 5.21. The molecule has 0 aliphatic carbocycles. The molecule has 0 saturated heterocycles. The van der Waals surface area contributed by atoms with Crippen LogP contribution < -0.4 is 4.74 Å². The van der Waals surface area contributed by atoms with Crippen LogP contribution in [0.3, 0.4) is 0 Å². The summed E-state index contributed by atoms with van der Waals surface area (Å²) < 4.78 is 20.8. The highest BCUT2D eigenvalue weighted by molar-refractivity contribution is 7.23. The fraction of sp³-hybridized carbons (Fsp3) is 0.100. The van der Waals surface area contributed by atoms with E-state index in [0.29, 0.717) is 5.88 Å². The number of halogens is 1. The van der Waals surface area contributed by atoms with Crippen molar-refractivity contribution in [1.29, 1.82) is 0 Å². The maximum atomic E-state index is 13.0. The van der Waals surface area contributed by atoms with Gasteiger partial charge in [0, 0.05) is 0 Å². The highest BCUT2D eigenvalue weighted by Crippen LogP contribution is 2.28. The maximum absolute atomic E-state index is 13.0. The largest absolute Gasteiger partial charge is 0.480 e. The molecule has 0 saturated carbocycles.